The van der Waals surface area contributed by atoms with Crippen molar-refractivity contribution in [3.63, 3.8) is 0 Å². The third-order valence-electron chi connectivity index (χ3n) is 3.67. The molecule has 2 aromatic carbocycles. The standard InChI is InChI=1S/C17H14N4O2/c22-11-15-18-13-8-4-5-9-14(13)21(15)10-16-19-17(20-23-16)12-6-2-1-3-7-12/h1-9,22H,10-11H2. The third kappa shape index (κ3) is 2.49. The van der Waals surface area contributed by atoms with Crippen LogP contribution in [0.4, 0.5) is 0 Å². The van der Waals surface area contributed by atoms with Crippen LogP contribution < -0.4 is 0 Å². The van der Waals surface area contributed by atoms with Gasteiger partial charge >= 0.3 is 0 Å². The predicted molar refractivity (Wildman–Crippen MR) is 84.5 cm³/mol. The lowest BCUT2D eigenvalue weighted by molar-refractivity contribution is 0.265. The van der Waals surface area contributed by atoms with Crippen molar-refractivity contribution in [2.24, 2.45) is 0 Å². The molecule has 4 aromatic rings. The fourth-order valence-corrected chi connectivity index (χ4v) is 2.58. The summed E-state index contributed by atoms with van der Waals surface area (Å²) in [6, 6.07) is 17.4. The molecule has 0 aliphatic heterocycles. The molecule has 4 rings (SSSR count). The molecule has 2 aromatic heterocycles. The summed E-state index contributed by atoms with van der Waals surface area (Å²) in [7, 11) is 0. The highest BCUT2D eigenvalue weighted by molar-refractivity contribution is 5.75. The Morgan fingerprint density at radius 1 is 0.957 bits per heavy atom. The molecule has 1 N–H and O–H groups in total. The van der Waals surface area contributed by atoms with E-state index in [9.17, 15) is 5.11 Å². The summed E-state index contributed by atoms with van der Waals surface area (Å²) >= 11 is 0. The summed E-state index contributed by atoms with van der Waals surface area (Å²) in [4.78, 5) is 8.84. The number of aliphatic hydroxyl groups excluding tert-OH is 1. The number of fused-ring (bicyclic) bond motifs is 1. The molecule has 0 spiro atoms. The lowest BCUT2D eigenvalue weighted by Gasteiger charge is -2.03. The highest BCUT2D eigenvalue weighted by Crippen LogP contribution is 2.19. The Hall–Kier alpha value is -2.99. The Morgan fingerprint density at radius 2 is 1.74 bits per heavy atom. The number of hydrogen-bond acceptors (Lipinski definition) is 5. The number of imidazole rings is 1. The Kier molecular flexibility index (Phi) is 3.36. The van der Waals surface area contributed by atoms with E-state index >= 15 is 0 Å². The zero-order valence-corrected chi connectivity index (χ0v) is 12.3. The molecule has 2 heterocycles. The number of benzene rings is 2. The third-order valence-corrected chi connectivity index (χ3v) is 3.67. The number of rotatable bonds is 4. The molecule has 0 atom stereocenters. The van der Waals surface area contributed by atoms with Gasteiger partial charge in [0.2, 0.25) is 11.7 Å². The first-order valence-electron chi connectivity index (χ1n) is 7.28. The average molecular weight is 306 g/mol. The van der Waals surface area contributed by atoms with Gasteiger partial charge in [-0.05, 0) is 12.1 Å². The zero-order chi connectivity index (χ0) is 15.6. The van der Waals surface area contributed by atoms with Crippen LogP contribution in [0.3, 0.4) is 0 Å². The number of nitrogens with zero attached hydrogens (tertiary/aromatic N) is 4. The summed E-state index contributed by atoms with van der Waals surface area (Å²) in [5.41, 5.74) is 2.66. The fraction of sp³-hybridized carbons (Fsp3) is 0.118. The predicted octanol–water partition coefficient (Wildman–Crippen LogP) is 2.63. The summed E-state index contributed by atoms with van der Waals surface area (Å²) in [6.07, 6.45) is 0. The monoisotopic (exact) mass is 306 g/mol. The van der Waals surface area contributed by atoms with Crippen LogP contribution >= 0.6 is 0 Å². The van der Waals surface area contributed by atoms with Gasteiger partial charge in [0.25, 0.3) is 0 Å². The van der Waals surface area contributed by atoms with E-state index in [4.69, 9.17) is 4.52 Å². The highest BCUT2D eigenvalue weighted by atomic mass is 16.5. The second-order valence-corrected chi connectivity index (χ2v) is 5.14. The van der Waals surface area contributed by atoms with Gasteiger partial charge in [-0.15, -0.1) is 0 Å². The van der Waals surface area contributed by atoms with Gasteiger partial charge in [-0.25, -0.2) is 4.98 Å². The number of aromatic nitrogens is 4. The van der Waals surface area contributed by atoms with Gasteiger partial charge in [0, 0.05) is 5.56 Å². The van der Waals surface area contributed by atoms with Crippen LogP contribution in [-0.2, 0) is 13.2 Å². The van der Waals surface area contributed by atoms with Crippen molar-refractivity contribution in [2.45, 2.75) is 13.2 Å². The van der Waals surface area contributed by atoms with Gasteiger partial charge in [-0.1, -0.05) is 47.6 Å². The first-order chi connectivity index (χ1) is 11.3. The largest absolute Gasteiger partial charge is 0.388 e. The molecule has 0 bridgehead atoms. The molecule has 6 heteroatoms. The summed E-state index contributed by atoms with van der Waals surface area (Å²) < 4.78 is 7.24. The average Bonchev–Trinajstić information content (AvgIpc) is 3.21. The first-order valence-corrected chi connectivity index (χ1v) is 7.28. The summed E-state index contributed by atoms with van der Waals surface area (Å²) in [5.74, 6) is 1.60. The summed E-state index contributed by atoms with van der Waals surface area (Å²) in [5, 5.41) is 13.6. The Labute approximate surface area is 132 Å². The molecule has 0 unspecified atom stereocenters. The Morgan fingerprint density at radius 3 is 2.57 bits per heavy atom. The van der Waals surface area contributed by atoms with E-state index in [1.165, 1.54) is 0 Å². The van der Waals surface area contributed by atoms with Gasteiger partial charge in [0.05, 0.1) is 11.0 Å². The Bertz CT molecular complexity index is 944. The van der Waals surface area contributed by atoms with Gasteiger partial charge < -0.3 is 14.2 Å². The molecule has 0 aliphatic carbocycles. The number of aliphatic hydroxyl groups is 1. The smallest absolute Gasteiger partial charge is 0.246 e. The molecular formula is C17H14N4O2. The van der Waals surface area contributed by atoms with Crippen molar-refractivity contribution in [2.75, 3.05) is 0 Å². The Balaban J connectivity index is 1.70. The van der Waals surface area contributed by atoms with Crippen LogP contribution in [0.15, 0.2) is 59.1 Å². The molecule has 0 fully saturated rings. The van der Waals surface area contributed by atoms with Crippen molar-refractivity contribution in [3.8, 4) is 11.4 Å². The van der Waals surface area contributed by atoms with Crippen LogP contribution in [0.1, 0.15) is 11.7 Å². The summed E-state index contributed by atoms with van der Waals surface area (Å²) in [6.45, 7) is 0.227. The van der Waals surface area contributed by atoms with E-state index in [0.717, 1.165) is 16.6 Å². The van der Waals surface area contributed by atoms with Gasteiger partial charge in [0.1, 0.15) is 19.0 Å². The molecule has 0 saturated carbocycles. The minimum atomic E-state index is -0.144. The maximum atomic E-state index is 9.53. The second kappa shape index (κ2) is 5.66. The van der Waals surface area contributed by atoms with E-state index < -0.39 is 0 Å². The van der Waals surface area contributed by atoms with Crippen molar-refractivity contribution in [1.82, 2.24) is 19.7 Å². The minimum absolute atomic E-state index is 0.144. The topological polar surface area (TPSA) is 77.0 Å². The zero-order valence-electron chi connectivity index (χ0n) is 12.3. The van der Waals surface area contributed by atoms with Crippen molar-refractivity contribution in [1.29, 1.82) is 0 Å². The molecule has 0 radical (unpaired) electrons. The lowest BCUT2D eigenvalue weighted by atomic mass is 10.2. The molecule has 114 valence electrons. The van der Waals surface area contributed by atoms with Crippen LogP contribution in [0.25, 0.3) is 22.4 Å². The normalized spacial score (nSPS) is 11.2. The molecule has 0 saturated heterocycles. The first kappa shape index (κ1) is 13.7. The van der Waals surface area contributed by atoms with E-state index in [-0.39, 0.29) is 6.61 Å². The van der Waals surface area contributed by atoms with Gasteiger partial charge in [-0.3, -0.25) is 0 Å². The van der Waals surface area contributed by atoms with E-state index in [1.807, 2.05) is 59.2 Å². The maximum Gasteiger partial charge on any atom is 0.246 e. The van der Waals surface area contributed by atoms with Crippen molar-refractivity contribution < 1.29 is 9.63 Å². The molecule has 6 nitrogen and oxygen atoms in total. The highest BCUT2D eigenvalue weighted by Gasteiger charge is 2.14. The lowest BCUT2D eigenvalue weighted by Crippen LogP contribution is -2.05. The van der Waals surface area contributed by atoms with E-state index in [2.05, 4.69) is 15.1 Å². The van der Waals surface area contributed by atoms with Crippen LogP contribution in [0.5, 0.6) is 0 Å². The fourth-order valence-electron chi connectivity index (χ4n) is 2.58. The molecular weight excluding hydrogens is 292 g/mol. The maximum absolute atomic E-state index is 9.53. The molecule has 23 heavy (non-hydrogen) atoms. The van der Waals surface area contributed by atoms with Crippen LogP contribution in [0, 0.1) is 0 Å². The quantitative estimate of drug-likeness (QED) is 0.627. The number of para-hydroxylation sites is 2. The van der Waals surface area contributed by atoms with Crippen molar-refractivity contribution >= 4 is 11.0 Å². The van der Waals surface area contributed by atoms with Crippen LogP contribution in [0.2, 0.25) is 0 Å². The second-order valence-electron chi connectivity index (χ2n) is 5.14. The molecule has 0 amide bonds. The SMILES string of the molecule is OCc1nc2ccccc2n1Cc1nc(-c2ccccc2)no1. The minimum Gasteiger partial charge on any atom is -0.388 e. The number of hydrogen-bond donors (Lipinski definition) is 1. The van der Waals surface area contributed by atoms with E-state index in [1.54, 1.807) is 0 Å². The van der Waals surface area contributed by atoms with E-state index in [0.29, 0.717) is 24.1 Å². The molecule has 0 aliphatic rings. The van der Waals surface area contributed by atoms with Gasteiger partial charge in [0.15, 0.2) is 0 Å². The van der Waals surface area contributed by atoms with Gasteiger partial charge in [-0.2, -0.15) is 4.98 Å². The van der Waals surface area contributed by atoms with Crippen LogP contribution in [-0.4, -0.2) is 24.8 Å². The van der Waals surface area contributed by atoms with Crippen molar-refractivity contribution in [3.05, 3.63) is 66.3 Å².